The summed E-state index contributed by atoms with van der Waals surface area (Å²) >= 11 is 0. The van der Waals surface area contributed by atoms with Crippen LogP contribution >= 0.6 is 0 Å². The van der Waals surface area contributed by atoms with Crippen molar-refractivity contribution >= 4 is 5.97 Å². The summed E-state index contributed by atoms with van der Waals surface area (Å²) in [5, 5.41) is 17.7. The number of aromatic carboxylic acids is 1. The topological polar surface area (TPSA) is 66.8 Å². The zero-order chi connectivity index (χ0) is 10.0. The molecule has 4 nitrogen and oxygen atoms in total. The van der Waals surface area contributed by atoms with Crippen LogP contribution in [0, 0.1) is 5.82 Å². The van der Waals surface area contributed by atoms with Crippen molar-refractivity contribution < 1.29 is 24.1 Å². The van der Waals surface area contributed by atoms with E-state index >= 15 is 0 Å². The normalized spacial score (nSPS) is 9.69. The van der Waals surface area contributed by atoms with E-state index in [0.29, 0.717) is 0 Å². The van der Waals surface area contributed by atoms with Crippen molar-refractivity contribution in [2.75, 3.05) is 7.11 Å². The van der Waals surface area contributed by atoms with Crippen molar-refractivity contribution in [3.05, 3.63) is 23.5 Å². The molecule has 1 aromatic carbocycles. The van der Waals surface area contributed by atoms with E-state index in [9.17, 15) is 9.18 Å². The molecule has 0 fully saturated rings. The Balaban J connectivity index is 3.43. The highest BCUT2D eigenvalue weighted by molar-refractivity contribution is 5.94. The Morgan fingerprint density at radius 1 is 1.54 bits per heavy atom. The van der Waals surface area contributed by atoms with Crippen molar-refractivity contribution in [2.24, 2.45) is 0 Å². The molecule has 0 heterocycles. The summed E-state index contributed by atoms with van der Waals surface area (Å²) in [6, 6.07) is 1.89. The molecule has 0 aliphatic rings. The van der Waals surface area contributed by atoms with Gasteiger partial charge in [0.05, 0.1) is 7.11 Å². The van der Waals surface area contributed by atoms with Gasteiger partial charge in [0.2, 0.25) is 0 Å². The van der Waals surface area contributed by atoms with Gasteiger partial charge in [-0.1, -0.05) is 0 Å². The Kier molecular flexibility index (Phi) is 2.36. The van der Waals surface area contributed by atoms with E-state index in [1.165, 1.54) is 0 Å². The van der Waals surface area contributed by atoms with E-state index in [1.54, 1.807) is 0 Å². The zero-order valence-electron chi connectivity index (χ0n) is 6.74. The molecule has 0 aliphatic carbocycles. The predicted octanol–water partition coefficient (Wildman–Crippen LogP) is 1.24. The molecule has 0 aromatic heterocycles. The first-order valence-electron chi connectivity index (χ1n) is 3.36. The van der Waals surface area contributed by atoms with Crippen molar-refractivity contribution in [3.8, 4) is 11.5 Å². The van der Waals surface area contributed by atoms with Crippen LogP contribution in [0.3, 0.4) is 0 Å². The number of phenols is 1. The second kappa shape index (κ2) is 3.30. The maximum absolute atomic E-state index is 12.9. The quantitative estimate of drug-likeness (QED) is 0.729. The number of hydrogen-bond donors (Lipinski definition) is 2. The van der Waals surface area contributed by atoms with Gasteiger partial charge in [-0.25, -0.2) is 9.18 Å². The highest BCUT2D eigenvalue weighted by Crippen LogP contribution is 2.29. The van der Waals surface area contributed by atoms with E-state index in [-0.39, 0.29) is 0 Å². The molecule has 0 saturated heterocycles. The van der Waals surface area contributed by atoms with Crippen LogP contribution in [0.15, 0.2) is 12.1 Å². The number of carboxylic acids is 1. The molecule has 1 aromatic rings. The van der Waals surface area contributed by atoms with E-state index in [2.05, 4.69) is 4.74 Å². The summed E-state index contributed by atoms with van der Waals surface area (Å²) in [5.41, 5.74) is -0.567. The third-order valence-electron chi connectivity index (χ3n) is 1.51. The third-order valence-corrected chi connectivity index (χ3v) is 1.51. The van der Waals surface area contributed by atoms with Crippen LogP contribution in [-0.2, 0) is 0 Å². The third kappa shape index (κ3) is 1.53. The average Bonchev–Trinajstić information content (AvgIpc) is 2.07. The van der Waals surface area contributed by atoms with Crippen LogP contribution in [0.4, 0.5) is 4.39 Å². The molecular formula is C8H7FO4. The molecule has 0 amide bonds. The van der Waals surface area contributed by atoms with Crippen LogP contribution in [-0.4, -0.2) is 23.3 Å². The number of methoxy groups -OCH3 is 1. The Morgan fingerprint density at radius 3 is 2.54 bits per heavy atom. The highest BCUT2D eigenvalue weighted by Gasteiger charge is 2.19. The lowest BCUT2D eigenvalue weighted by Gasteiger charge is -2.06. The molecule has 70 valence electrons. The van der Waals surface area contributed by atoms with Gasteiger partial charge >= 0.3 is 5.97 Å². The first-order valence-corrected chi connectivity index (χ1v) is 3.36. The van der Waals surface area contributed by atoms with Crippen molar-refractivity contribution in [1.29, 1.82) is 0 Å². The molecule has 0 saturated carbocycles. The largest absolute Gasteiger partial charge is 0.507 e. The number of hydrogen-bond acceptors (Lipinski definition) is 3. The van der Waals surface area contributed by atoms with E-state index < -0.39 is 28.8 Å². The SMILES string of the molecule is COc1c(F)ccc(O)c1C(=O)O. The van der Waals surface area contributed by atoms with Gasteiger partial charge in [0.15, 0.2) is 11.6 Å². The second-order valence-corrected chi connectivity index (χ2v) is 2.28. The fraction of sp³-hybridized carbons (Fsp3) is 0.125. The van der Waals surface area contributed by atoms with Crippen molar-refractivity contribution in [2.45, 2.75) is 0 Å². The van der Waals surface area contributed by atoms with Crippen LogP contribution in [0.25, 0.3) is 0 Å². The van der Waals surface area contributed by atoms with Gasteiger partial charge in [-0.2, -0.15) is 0 Å². The maximum atomic E-state index is 12.9. The molecule has 0 radical (unpaired) electrons. The smallest absolute Gasteiger partial charge is 0.343 e. The predicted molar refractivity (Wildman–Crippen MR) is 41.6 cm³/mol. The zero-order valence-corrected chi connectivity index (χ0v) is 6.74. The van der Waals surface area contributed by atoms with Crippen LogP contribution in [0.2, 0.25) is 0 Å². The molecule has 13 heavy (non-hydrogen) atoms. The number of ether oxygens (including phenoxy) is 1. The number of benzene rings is 1. The minimum absolute atomic E-state index is 0.465. The van der Waals surface area contributed by atoms with Crippen LogP contribution in [0.1, 0.15) is 10.4 Å². The van der Waals surface area contributed by atoms with E-state index in [0.717, 1.165) is 19.2 Å². The van der Waals surface area contributed by atoms with Gasteiger partial charge in [-0.05, 0) is 12.1 Å². The molecule has 0 atom stereocenters. The summed E-state index contributed by atoms with van der Waals surface area (Å²) in [6.45, 7) is 0. The van der Waals surface area contributed by atoms with Crippen LogP contribution in [0.5, 0.6) is 11.5 Å². The number of carboxylic acid groups (broad SMARTS) is 1. The summed E-state index contributed by atoms with van der Waals surface area (Å²) < 4.78 is 17.4. The van der Waals surface area contributed by atoms with Gasteiger partial charge in [-0.15, -0.1) is 0 Å². The lowest BCUT2D eigenvalue weighted by Crippen LogP contribution is -2.02. The van der Waals surface area contributed by atoms with Crippen molar-refractivity contribution in [1.82, 2.24) is 0 Å². The maximum Gasteiger partial charge on any atom is 0.343 e. The molecule has 0 aliphatic heterocycles. The molecule has 1 rings (SSSR count). The molecule has 0 unspecified atom stereocenters. The minimum Gasteiger partial charge on any atom is -0.507 e. The van der Waals surface area contributed by atoms with E-state index in [4.69, 9.17) is 10.2 Å². The first kappa shape index (κ1) is 9.31. The fourth-order valence-electron chi connectivity index (χ4n) is 0.953. The lowest BCUT2D eigenvalue weighted by molar-refractivity contribution is 0.0689. The standard InChI is InChI=1S/C8H7FO4/c1-13-7-4(9)2-3-5(10)6(7)8(11)12/h2-3,10H,1H3,(H,11,12). The summed E-state index contributed by atoms with van der Waals surface area (Å²) in [5.74, 6) is -3.25. The Bertz CT molecular complexity index is 348. The number of carbonyl (C=O) groups is 1. The minimum atomic E-state index is -1.44. The second-order valence-electron chi connectivity index (χ2n) is 2.28. The lowest BCUT2D eigenvalue weighted by atomic mass is 10.1. The van der Waals surface area contributed by atoms with Crippen molar-refractivity contribution in [3.63, 3.8) is 0 Å². The van der Waals surface area contributed by atoms with E-state index in [1.807, 2.05) is 0 Å². The molecule has 0 spiro atoms. The summed E-state index contributed by atoms with van der Waals surface area (Å²) in [4.78, 5) is 10.5. The highest BCUT2D eigenvalue weighted by atomic mass is 19.1. The van der Waals surface area contributed by atoms with Gasteiger partial charge in [0, 0.05) is 0 Å². The number of aromatic hydroxyl groups is 1. The van der Waals surface area contributed by atoms with Gasteiger partial charge in [0.25, 0.3) is 0 Å². The monoisotopic (exact) mass is 186 g/mol. The van der Waals surface area contributed by atoms with Gasteiger partial charge in [0.1, 0.15) is 11.3 Å². The molecule has 0 bridgehead atoms. The number of rotatable bonds is 2. The average molecular weight is 186 g/mol. The summed E-state index contributed by atoms with van der Waals surface area (Å²) in [7, 11) is 1.13. The number of halogens is 1. The van der Waals surface area contributed by atoms with Crippen LogP contribution < -0.4 is 4.74 Å². The Morgan fingerprint density at radius 2 is 2.15 bits per heavy atom. The molecular weight excluding hydrogens is 179 g/mol. The molecule has 2 N–H and O–H groups in total. The Hall–Kier alpha value is -1.78. The Labute approximate surface area is 73.2 Å². The first-order chi connectivity index (χ1) is 6.07. The van der Waals surface area contributed by atoms with Gasteiger partial charge < -0.3 is 14.9 Å². The summed E-state index contributed by atoms with van der Waals surface area (Å²) in [6.07, 6.45) is 0. The fourth-order valence-corrected chi connectivity index (χ4v) is 0.953. The molecule has 5 heteroatoms. The van der Waals surface area contributed by atoms with Gasteiger partial charge in [-0.3, -0.25) is 0 Å².